The Hall–Kier alpha value is -1.28. The third kappa shape index (κ3) is 2.94. The third-order valence-electron chi connectivity index (χ3n) is 2.45. The lowest BCUT2D eigenvalue weighted by Crippen LogP contribution is -2.02. The number of benzene rings is 1. The van der Waals surface area contributed by atoms with Gasteiger partial charge in [-0.2, -0.15) is 0 Å². The molecule has 1 aliphatic rings. The largest absolute Gasteiger partial charge is 0.276 e. The second-order valence-electron chi connectivity index (χ2n) is 3.72. The summed E-state index contributed by atoms with van der Waals surface area (Å²) in [7, 11) is 0. The monoisotopic (exact) mass is 286 g/mol. The molecule has 0 aromatic heterocycles. The van der Waals surface area contributed by atoms with E-state index in [-0.39, 0.29) is 16.0 Å². The molecule has 0 amide bonds. The van der Waals surface area contributed by atoms with E-state index in [1.54, 1.807) is 23.5 Å². The van der Waals surface area contributed by atoms with Crippen LogP contribution >= 0.6 is 23.5 Å². The molecule has 1 aromatic carbocycles. The number of thioether (sulfide) groups is 2. The van der Waals surface area contributed by atoms with Gasteiger partial charge in [-0.15, -0.1) is 23.5 Å². The Kier molecular flexibility index (Phi) is 4.07. The number of hydrogen-bond donors (Lipinski definition) is 0. The summed E-state index contributed by atoms with van der Waals surface area (Å²) >= 11 is 3.35. The van der Waals surface area contributed by atoms with Crippen molar-refractivity contribution in [3.05, 3.63) is 44.0 Å². The van der Waals surface area contributed by atoms with Crippen molar-refractivity contribution in [2.45, 2.75) is 11.0 Å². The summed E-state index contributed by atoms with van der Waals surface area (Å²) in [6, 6.07) is 3.87. The molecule has 0 N–H and O–H groups in total. The van der Waals surface area contributed by atoms with Gasteiger partial charge in [0.15, 0.2) is 0 Å². The highest BCUT2D eigenvalue weighted by Crippen LogP contribution is 2.45. The van der Waals surface area contributed by atoms with Gasteiger partial charge in [0.05, 0.1) is 20.5 Å². The molecular weight excluding hydrogens is 276 g/mol. The van der Waals surface area contributed by atoms with E-state index in [0.29, 0.717) is 5.56 Å². The van der Waals surface area contributed by atoms with Gasteiger partial charge < -0.3 is 0 Å². The van der Waals surface area contributed by atoms with Gasteiger partial charge in [0.2, 0.25) is 0 Å². The van der Waals surface area contributed by atoms with Crippen LogP contribution in [0.4, 0.5) is 11.4 Å². The number of nitrogens with zero attached hydrogens (tertiary/aromatic N) is 2. The van der Waals surface area contributed by atoms with Crippen LogP contribution in [0.3, 0.4) is 0 Å². The minimum Gasteiger partial charge on any atom is -0.258 e. The molecule has 96 valence electrons. The molecule has 1 saturated heterocycles. The lowest BCUT2D eigenvalue weighted by molar-refractivity contribution is -0.394. The topological polar surface area (TPSA) is 86.3 Å². The Labute approximate surface area is 111 Å². The average Bonchev–Trinajstić information content (AvgIpc) is 2.39. The van der Waals surface area contributed by atoms with E-state index in [1.165, 1.54) is 12.1 Å². The molecule has 18 heavy (non-hydrogen) atoms. The Bertz CT molecular complexity index is 457. The van der Waals surface area contributed by atoms with Crippen LogP contribution < -0.4 is 0 Å². The van der Waals surface area contributed by atoms with Crippen LogP contribution in [0, 0.1) is 20.2 Å². The van der Waals surface area contributed by atoms with Gasteiger partial charge in [-0.25, -0.2) is 0 Å². The maximum absolute atomic E-state index is 10.8. The Morgan fingerprint density at radius 1 is 1.00 bits per heavy atom. The molecule has 6 nitrogen and oxygen atoms in total. The highest BCUT2D eigenvalue weighted by Gasteiger charge is 2.23. The van der Waals surface area contributed by atoms with Crippen molar-refractivity contribution in [3.8, 4) is 0 Å². The van der Waals surface area contributed by atoms with Gasteiger partial charge in [0.25, 0.3) is 11.4 Å². The van der Waals surface area contributed by atoms with E-state index >= 15 is 0 Å². The molecule has 0 atom stereocenters. The van der Waals surface area contributed by atoms with Crippen molar-refractivity contribution in [3.63, 3.8) is 0 Å². The summed E-state index contributed by atoms with van der Waals surface area (Å²) in [4.78, 5) is 20.4. The zero-order chi connectivity index (χ0) is 13.1. The normalized spacial score (nSPS) is 16.4. The zero-order valence-electron chi connectivity index (χ0n) is 9.27. The molecule has 0 spiro atoms. The molecule has 0 aliphatic carbocycles. The molecule has 1 aliphatic heterocycles. The fourth-order valence-electron chi connectivity index (χ4n) is 1.65. The van der Waals surface area contributed by atoms with E-state index in [9.17, 15) is 20.2 Å². The highest BCUT2D eigenvalue weighted by molar-refractivity contribution is 8.16. The van der Waals surface area contributed by atoms with Gasteiger partial charge in [-0.3, -0.25) is 20.2 Å². The fraction of sp³-hybridized carbons (Fsp3) is 0.400. The predicted octanol–water partition coefficient (Wildman–Crippen LogP) is 3.37. The quantitative estimate of drug-likeness (QED) is 0.625. The van der Waals surface area contributed by atoms with Crippen molar-refractivity contribution in [1.29, 1.82) is 0 Å². The summed E-state index contributed by atoms with van der Waals surface area (Å²) in [6.07, 6.45) is 1.10. The lowest BCUT2D eigenvalue weighted by Gasteiger charge is -2.20. The first-order chi connectivity index (χ1) is 8.58. The summed E-state index contributed by atoms with van der Waals surface area (Å²) in [6.45, 7) is 0. The predicted molar refractivity (Wildman–Crippen MR) is 72.0 cm³/mol. The van der Waals surface area contributed by atoms with Crippen LogP contribution in [0.25, 0.3) is 0 Å². The van der Waals surface area contributed by atoms with E-state index in [4.69, 9.17) is 0 Å². The van der Waals surface area contributed by atoms with Crippen LogP contribution in [-0.4, -0.2) is 21.4 Å². The number of nitro groups is 2. The van der Waals surface area contributed by atoms with Crippen molar-refractivity contribution >= 4 is 34.9 Å². The van der Waals surface area contributed by atoms with Crippen molar-refractivity contribution in [2.75, 3.05) is 11.5 Å². The van der Waals surface area contributed by atoms with E-state index in [1.807, 2.05) is 0 Å². The fourth-order valence-corrected chi connectivity index (χ4v) is 4.50. The molecule has 0 bridgehead atoms. The number of hydrogen-bond acceptors (Lipinski definition) is 6. The lowest BCUT2D eigenvalue weighted by atomic mass is 10.2. The second-order valence-corrected chi connectivity index (χ2v) is 6.45. The summed E-state index contributed by atoms with van der Waals surface area (Å²) in [5.41, 5.74) is 0.225. The summed E-state index contributed by atoms with van der Waals surface area (Å²) in [5.74, 6) is 1.96. The Morgan fingerprint density at radius 3 is 1.94 bits per heavy atom. The van der Waals surface area contributed by atoms with Crippen molar-refractivity contribution in [2.24, 2.45) is 0 Å². The van der Waals surface area contributed by atoms with Crippen LogP contribution in [0.1, 0.15) is 16.6 Å². The van der Waals surface area contributed by atoms with Crippen LogP contribution in [0.15, 0.2) is 18.2 Å². The molecule has 0 saturated carbocycles. The zero-order valence-corrected chi connectivity index (χ0v) is 10.9. The minimum atomic E-state index is -0.589. The van der Waals surface area contributed by atoms with Crippen molar-refractivity contribution in [1.82, 2.24) is 0 Å². The smallest absolute Gasteiger partial charge is 0.258 e. The summed E-state index contributed by atoms with van der Waals surface area (Å²) < 4.78 is 0.0531. The van der Waals surface area contributed by atoms with Crippen LogP contribution in [-0.2, 0) is 0 Å². The Morgan fingerprint density at radius 2 is 1.50 bits per heavy atom. The van der Waals surface area contributed by atoms with E-state index < -0.39 is 9.85 Å². The minimum absolute atomic E-state index is 0.0531. The Balaban J connectivity index is 2.38. The molecule has 2 rings (SSSR count). The molecule has 1 aromatic rings. The molecule has 1 fully saturated rings. The molecular formula is C10H10N2O4S2. The number of rotatable bonds is 3. The molecule has 8 heteroatoms. The van der Waals surface area contributed by atoms with Gasteiger partial charge in [0.1, 0.15) is 0 Å². The molecule has 0 unspecified atom stereocenters. The van der Waals surface area contributed by atoms with Gasteiger partial charge in [-0.05, 0) is 23.5 Å². The first kappa shape index (κ1) is 13.2. The third-order valence-corrected chi connectivity index (χ3v) is 5.46. The van der Waals surface area contributed by atoms with Crippen LogP contribution in [0.2, 0.25) is 0 Å². The number of nitro benzene ring substituents is 2. The number of non-ortho nitro benzene ring substituents is 2. The van der Waals surface area contributed by atoms with E-state index in [2.05, 4.69) is 0 Å². The first-order valence-corrected chi connectivity index (χ1v) is 7.34. The first-order valence-electron chi connectivity index (χ1n) is 5.25. The molecule has 0 radical (unpaired) electrons. The SMILES string of the molecule is O=[N+]([O-])c1cc(C2SCCCS2)cc([N+](=O)[O-])c1. The maximum Gasteiger partial charge on any atom is 0.276 e. The highest BCUT2D eigenvalue weighted by atomic mass is 32.2. The van der Waals surface area contributed by atoms with Gasteiger partial charge in [-0.1, -0.05) is 0 Å². The second kappa shape index (κ2) is 5.57. The van der Waals surface area contributed by atoms with Gasteiger partial charge >= 0.3 is 0 Å². The standard InChI is InChI=1S/C10H10N2O4S2/c13-11(14)8-4-7(5-9(6-8)12(15)16)10-17-2-1-3-18-10/h4-6,10H,1-3H2. The van der Waals surface area contributed by atoms with Crippen LogP contribution in [0.5, 0.6) is 0 Å². The van der Waals surface area contributed by atoms with Gasteiger partial charge in [0, 0.05) is 12.1 Å². The maximum atomic E-state index is 10.8. The van der Waals surface area contributed by atoms with E-state index in [0.717, 1.165) is 24.0 Å². The van der Waals surface area contributed by atoms with Crippen molar-refractivity contribution < 1.29 is 9.85 Å². The summed E-state index contributed by atoms with van der Waals surface area (Å²) in [5, 5.41) is 21.6. The average molecular weight is 286 g/mol. The molecule has 1 heterocycles.